The molecule has 2 N–H and O–H groups in total. The first-order valence-electron chi connectivity index (χ1n) is 4.61. The summed E-state index contributed by atoms with van der Waals surface area (Å²) < 4.78 is 5.22. The van der Waals surface area contributed by atoms with Gasteiger partial charge in [-0.1, -0.05) is 11.8 Å². The maximum atomic E-state index is 5.94. The van der Waals surface area contributed by atoms with Crippen molar-refractivity contribution in [2.24, 2.45) is 0 Å². The van der Waals surface area contributed by atoms with Gasteiger partial charge >= 0.3 is 0 Å². The molecule has 4 heteroatoms. The van der Waals surface area contributed by atoms with Gasteiger partial charge in [0.2, 0.25) is 0 Å². The lowest BCUT2D eigenvalue weighted by molar-refractivity contribution is 0.527. The van der Waals surface area contributed by atoms with Gasteiger partial charge in [0.1, 0.15) is 10.8 Å². The van der Waals surface area contributed by atoms with Crippen molar-refractivity contribution in [3.8, 4) is 0 Å². The Morgan fingerprint density at radius 3 is 2.80 bits per heavy atom. The molecule has 0 unspecified atom stereocenters. The van der Waals surface area contributed by atoms with Gasteiger partial charge in [0.05, 0.1) is 16.8 Å². The Morgan fingerprint density at radius 1 is 1.33 bits per heavy atom. The van der Waals surface area contributed by atoms with Gasteiger partial charge in [-0.3, -0.25) is 0 Å². The smallest absolute Gasteiger partial charge is 0.124 e. The standard InChI is InChI=1S/C11H12N2OS/c1-7-3-5-13-11(10(7)12)15-9-4-6-14-8(9)2/h3-6H,12H2,1-2H3. The van der Waals surface area contributed by atoms with Crippen molar-refractivity contribution in [2.75, 3.05) is 5.73 Å². The molecule has 0 aliphatic rings. The van der Waals surface area contributed by atoms with Gasteiger partial charge in [-0.05, 0) is 31.5 Å². The van der Waals surface area contributed by atoms with Gasteiger partial charge in [-0.15, -0.1) is 0 Å². The first-order chi connectivity index (χ1) is 7.18. The number of pyridine rings is 1. The minimum absolute atomic E-state index is 0.739. The summed E-state index contributed by atoms with van der Waals surface area (Å²) in [5, 5.41) is 0.833. The molecule has 0 amide bonds. The predicted octanol–water partition coefficient (Wildman–Crippen LogP) is 3.02. The second-order valence-corrected chi connectivity index (χ2v) is 4.32. The van der Waals surface area contributed by atoms with Crippen LogP contribution in [0.5, 0.6) is 0 Å². The Balaban J connectivity index is 2.33. The van der Waals surface area contributed by atoms with Crippen LogP contribution in [0, 0.1) is 13.8 Å². The zero-order valence-corrected chi connectivity index (χ0v) is 9.47. The predicted molar refractivity (Wildman–Crippen MR) is 61.0 cm³/mol. The quantitative estimate of drug-likeness (QED) is 0.845. The fourth-order valence-corrected chi connectivity index (χ4v) is 2.12. The maximum absolute atomic E-state index is 5.94. The molecule has 78 valence electrons. The summed E-state index contributed by atoms with van der Waals surface area (Å²) in [6.45, 7) is 3.90. The molecule has 0 bridgehead atoms. The van der Waals surface area contributed by atoms with E-state index in [1.54, 1.807) is 12.5 Å². The molecule has 0 aliphatic heterocycles. The highest BCUT2D eigenvalue weighted by molar-refractivity contribution is 7.99. The number of furan rings is 1. The first-order valence-corrected chi connectivity index (χ1v) is 5.43. The number of hydrogen-bond donors (Lipinski definition) is 1. The summed E-state index contributed by atoms with van der Waals surface area (Å²) in [7, 11) is 0. The number of nitrogen functional groups attached to an aromatic ring is 1. The van der Waals surface area contributed by atoms with Crippen LogP contribution in [-0.2, 0) is 0 Å². The van der Waals surface area contributed by atoms with Crippen molar-refractivity contribution in [1.29, 1.82) is 0 Å². The Hall–Kier alpha value is -1.42. The van der Waals surface area contributed by atoms with E-state index >= 15 is 0 Å². The Morgan fingerprint density at radius 2 is 2.13 bits per heavy atom. The van der Waals surface area contributed by atoms with Crippen molar-refractivity contribution in [1.82, 2.24) is 4.98 Å². The monoisotopic (exact) mass is 220 g/mol. The summed E-state index contributed by atoms with van der Waals surface area (Å²) in [6, 6.07) is 3.82. The Bertz CT molecular complexity index is 479. The van der Waals surface area contributed by atoms with Gasteiger partial charge in [0, 0.05) is 6.20 Å². The molecule has 0 fully saturated rings. The van der Waals surface area contributed by atoms with Crippen LogP contribution in [0.15, 0.2) is 38.9 Å². The van der Waals surface area contributed by atoms with Crippen molar-refractivity contribution in [2.45, 2.75) is 23.8 Å². The molecular weight excluding hydrogens is 208 g/mol. The van der Waals surface area contributed by atoms with Crippen LogP contribution in [0.3, 0.4) is 0 Å². The molecule has 0 saturated carbocycles. The highest BCUT2D eigenvalue weighted by atomic mass is 32.2. The van der Waals surface area contributed by atoms with Crippen LogP contribution in [-0.4, -0.2) is 4.98 Å². The Labute approximate surface area is 92.7 Å². The zero-order valence-electron chi connectivity index (χ0n) is 8.65. The molecular formula is C11H12N2OS. The topological polar surface area (TPSA) is 52.0 Å². The molecule has 2 aromatic heterocycles. The van der Waals surface area contributed by atoms with E-state index in [0.29, 0.717) is 0 Å². The van der Waals surface area contributed by atoms with Crippen LogP contribution in [0.1, 0.15) is 11.3 Å². The van der Waals surface area contributed by atoms with E-state index < -0.39 is 0 Å². The van der Waals surface area contributed by atoms with E-state index in [4.69, 9.17) is 10.2 Å². The van der Waals surface area contributed by atoms with Crippen LogP contribution < -0.4 is 5.73 Å². The first kappa shape index (κ1) is 10.1. The molecule has 2 rings (SSSR count). The summed E-state index contributed by atoms with van der Waals surface area (Å²) in [6.07, 6.45) is 3.44. The van der Waals surface area contributed by atoms with Gasteiger partial charge in [0.15, 0.2) is 0 Å². The average Bonchev–Trinajstić information content (AvgIpc) is 2.60. The number of aryl methyl sites for hydroxylation is 2. The number of nitrogens with two attached hydrogens (primary N) is 1. The third kappa shape index (κ3) is 1.99. The number of aromatic nitrogens is 1. The lowest BCUT2D eigenvalue weighted by Crippen LogP contribution is -1.94. The van der Waals surface area contributed by atoms with E-state index in [1.165, 1.54) is 11.8 Å². The van der Waals surface area contributed by atoms with E-state index in [2.05, 4.69) is 4.98 Å². The number of hydrogen-bond acceptors (Lipinski definition) is 4. The van der Waals surface area contributed by atoms with Crippen molar-refractivity contribution >= 4 is 17.4 Å². The normalized spacial score (nSPS) is 10.5. The van der Waals surface area contributed by atoms with Gasteiger partial charge in [0.25, 0.3) is 0 Å². The van der Waals surface area contributed by atoms with Crippen LogP contribution in [0.4, 0.5) is 5.69 Å². The number of anilines is 1. The van der Waals surface area contributed by atoms with Crippen molar-refractivity contribution in [3.05, 3.63) is 35.9 Å². The molecule has 0 aliphatic carbocycles. The van der Waals surface area contributed by atoms with E-state index in [-0.39, 0.29) is 0 Å². The summed E-state index contributed by atoms with van der Waals surface area (Å²) >= 11 is 1.53. The molecule has 15 heavy (non-hydrogen) atoms. The molecule has 0 radical (unpaired) electrons. The Kier molecular flexibility index (Phi) is 2.68. The van der Waals surface area contributed by atoms with E-state index in [0.717, 1.165) is 26.9 Å². The lowest BCUT2D eigenvalue weighted by atomic mass is 10.3. The zero-order chi connectivity index (χ0) is 10.8. The minimum Gasteiger partial charge on any atom is -0.468 e. The molecule has 2 heterocycles. The second-order valence-electron chi connectivity index (χ2n) is 3.29. The van der Waals surface area contributed by atoms with Crippen molar-refractivity contribution in [3.63, 3.8) is 0 Å². The third-order valence-electron chi connectivity index (χ3n) is 2.19. The molecule has 0 aromatic carbocycles. The summed E-state index contributed by atoms with van der Waals surface area (Å²) in [5.41, 5.74) is 7.72. The molecule has 2 aromatic rings. The fourth-order valence-electron chi connectivity index (χ4n) is 1.21. The number of nitrogens with zero attached hydrogens (tertiary/aromatic N) is 1. The minimum atomic E-state index is 0.739. The highest BCUT2D eigenvalue weighted by Crippen LogP contribution is 2.33. The van der Waals surface area contributed by atoms with Crippen molar-refractivity contribution < 1.29 is 4.42 Å². The third-order valence-corrected chi connectivity index (χ3v) is 3.35. The molecule has 0 spiro atoms. The molecule has 0 atom stereocenters. The SMILES string of the molecule is Cc1ccnc(Sc2ccoc2C)c1N. The van der Waals surface area contributed by atoms with Crippen LogP contribution in [0.2, 0.25) is 0 Å². The highest BCUT2D eigenvalue weighted by Gasteiger charge is 2.08. The van der Waals surface area contributed by atoms with Gasteiger partial charge in [-0.25, -0.2) is 4.98 Å². The number of rotatable bonds is 2. The largest absolute Gasteiger partial charge is 0.468 e. The van der Waals surface area contributed by atoms with E-state index in [9.17, 15) is 0 Å². The summed E-state index contributed by atoms with van der Waals surface area (Å²) in [4.78, 5) is 5.31. The lowest BCUT2D eigenvalue weighted by Gasteiger charge is -2.05. The fraction of sp³-hybridized carbons (Fsp3) is 0.182. The van der Waals surface area contributed by atoms with Gasteiger partial charge < -0.3 is 10.2 Å². The molecule has 0 saturated heterocycles. The second kappa shape index (κ2) is 3.98. The maximum Gasteiger partial charge on any atom is 0.124 e. The van der Waals surface area contributed by atoms with Crippen LogP contribution in [0.25, 0.3) is 0 Å². The molecule has 3 nitrogen and oxygen atoms in total. The van der Waals surface area contributed by atoms with Crippen LogP contribution >= 0.6 is 11.8 Å². The average molecular weight is 220 g/mol. The summed E-state index contributed by atoms with van der Waals surface area (Å²) in [5.74, 6) is 0.891. The van der Waals surface area contributed by atoms with Gasteiger partial charge in [-0.2, -0.15) is 0 Å². The van der Waals surface area contributed by atoms with E-state index in [1.807, 2.05) is 26.0 Å².